The minimum absolute atomic E-state index is 0.0945. The van der Waals surface area contributed by atoms with Crippen molar-refractivity contribution >= 4 is 39.1 Å². The molecule has 0 unspecified atom stereocenters. The normalized spacial score (nSPS) is 17.9. The Morgan fingerprint density at radius 3 is 2.61 bits per heavy atom. The Balaban J connectivity index is 1.55. The maximum atomic E-state index is 13.2. The van der Waals surface area contributed by atoms with Crippen molar-refractivity contribution in [3.63, 3.8) is 0 Å². The fourth-order valence-corrected chi connectivity index (χ4v) is 7.18. The van der Waals surface area contributed by atoms with Gasteiger partial charge in [-0.25, -0.2) is 27.9 Å². The third kappa shape index (κ3) is 6.36. The average molecular weight is 561 g/mol. The zero-order valence-corrected chi connectivity index (χ0v) is 24.1. The molecular formula is C26H36N6O4S2. The number of hydrogen-bond acceptors (Lipinski definition) is 8. The van der Waals surface area contributed by atoms with Crippen LogP contribution >= 0.6 is 11.3 Å². The molecule has 10 nitrogen and oxygen atoms in total. The fraction of sp³-hybridized carbons (Fsp3) is 0.500. The van der Waals surface area contributed by atoms with E-state index in [2.05, 4.69) is 20.0 Å². The van der Waals surface area contributed by atoms with Crippen LogP contribution in [0.1, 0.15) is 57.4 Å². The number of anilines is 2. The number of aryl methyl sites for hydroxylation is 1. The number of thiazole rings is 1. The van der Waals surface area contributed by atoms with E-state index in [-0.39, 0.29) is 35.6 Å². The molecule has 0 spiro atoms. The van der Waals surface area contributed by atoms with Crippen molar-refractivity contribution in [2.75, 3.05) is 18.5 Å². The SMILES string of the molecule is CCNS(=O)(=O)c1cc(N(C)c2nccn2C)ccc1-c1cnc([C@H]2CC[C@H](NC(=O)OC(C)C)CC2)s1. The number of carbonyl (C=O) groups is 1. The number of amides is 1. The van der Waals surface area contributed by atoms with Crippen LogP contribution in [0, 0.1) is 0 Å². The van der Waals surface area contributed by atoms with Crippen molar-refractivity contribution < 1.29 is 17.9 Å². The van der Waals surface area contributed by atoms with Crippen molar-refractivity contribution in [2.45, 2.75) is 69.4 Å². The van der Waals surface area contributed by atoms with E-state index >= 15 is 0 Å². The van der Waals surface area contributed by atoms with Crippen LogP contribution in [0.3, 0.4) is 0 Å². The van der Waals surface area contributed by atoms with Gasteiger partial charge in [-0.1, -0.05) is 13.0 Å². The highest BCUT2D eigenvalue weighted by Crippen LogP contribution is 2.40. The summed E-state index contributed by atoms with van der Waals surface area (Å²) in [6, 6.07) is 5.53. The van der Waals surface area contributed by atoms with Crippen molar-refractivity contribution in [1.82, 2.24) is 24.6 Å². The molecular weight excluding hydrogens is 524 g/mol. The van der Waals surface area contributed by atoms with Gasteiger partial charge in [-0.3, -0.25) is 0 Å². The molecule has 0 atom stereocenters. The first-order valence-electron chi connectivity index (χ1n) is 12.9. The van der Waals surface area contributed by atoms with Gasteiger partial charge in [0.1, 0.15) is 0 Å². The third-order valence-electron chi connectivity index (χ3n) is 6.60. The molecule has 3 aromatic rings. The number of aromatic nitrogens is 3. The molecule has 206 valence electrons. The molecule has 0 radical (unpaired) electrons. The van der Waals surface area contributed by atoms with Crippen molar-refractivity contribution in [2.24, 2.45) is 7.05 Å². The summed E-state index contributed by atoms with van der Waals surface area (Å²) in [6.07, 6.45) is 8.30. The van der Waals surface area contributed by atoms with Gasteiger partial charge in [0.25, 0.3) is 0 Å². The molecule has 0 aliphatic heterocycles. The summed E-state index contributed by atoms with van der Waals surface area (Å²) in [4.78, 5) is 23.9. The van der Waals surface area contributed by atoms with Crippen LogP contribution in [0.2, 0.25) is 0 Å². The lowest BCUT2D eigenvalue weighted by Gasteiger charge is -2.28. The summed E-state index contributed by atoms with van der Waals surface area (Å²) in [5.74, 6) is 0.975. The Labute approximate surface area is 228 Å². The molecule has 0 bridgehead atoms. The molecule has 2 N–H and O–H groups in total. The molecule has 38 heavy (non-hydrogen) atoms. The fourth-order valence-electron chi connectivity index (χ4n) is 4.71. The third-order valence-corrected chi connectivity index (χ3v) is 9.38. The van der Waals surface area contributed by atoms with E-state index in [1.807, 2.05) is 55.7 Å². The van der Waals surface area contributed by atoms with E-state index in [4.69, 9.17) is 4.74 Å². The van der Waals surface area contributed by atoms with Crippen LogP contribution in [0.4, 0.5) is 16.4 Å². The highest BCUT2D eigenvalue weighted by atomic mass is 32.2. The van der Waals surface area contributed by atoms with E-state index in [1.165, 1.54) is 11.3 Å². The lowest BCUT2D eigenvalue weighted by molar-refractivity contribution is 0.109. The van der Waals surface area contributed by atoms with Gasteiger partial charge in [-0.15, -0.1) is 11.3 Å². The Bertz CT molecular complexity index is 1360. The molecule has 1 saturated carbocycles. The number of carbonyl (C=O) groups excluding carboxylic acids is 1. The Morgan fingerprint density at radius 1 is 1.24 bits per heavy atom. The topological polar surface area (TPSA) is 118 Å². The van der Waals surface area contributed by atoms with Crippen LogP contribution in [0.15, 0.2) is 41.7 Å². The number of rotatable bonds is 9. The summed E-state index contributed by atoms with van der Waals surface area (Å²) < 4.78 is 36.2. The molecule has 1 aromatic carbocycles. The number of nitrogens with zero attached hydrogens (tertiary/aromatic N) is 4. The standard InChI is InChI=1S/C26H36N6O4S2/c1-6-29-38(34,35)23-15-20(32(5)25-27-13-14-31(25)4)11-12-21(23)22-16-28-24(37-22)18-7-9-19(10-8-18)30-26(33)36-17(2)3/h11-19,29H,6-10H2,1-5H3,(H,30,33)/t18-,19-. The van der Waals surface area contributed by atoms with E-state index in [0.717, 1.165) is 35.6 Å². The molecule has 1 fully saturated rings. The smallest absolute Gasteiger partial charge is 0.407 e. The number of benzene rings is 1. The summed E-state index contributed by atoms with van der Waals surface area (Å²) in [6.45, 7) is 5.71. The molecule has 12 heteroatoms. The zero-order valence-electron chi connectivity index (χ0n) is 22.5. The minimum atomic E-state index is -3.74. The van der Waals surface area contributed by atoms with Gasteiger partial charge in [0.2, 0.25) is 16.0 Å². The van der Waals surface area contributed by atoms with Crippen LogP contribution in [-0.2, 0) is 21.8 Å². The molecule has 4 rings (SSSR count). The van der Waals surface area contributed by atoms with Crippen LogP contribution in [0.25, 0.3) is 10.4 Å². The van der Waals surface area contributed by atoms with E-state index < -0.39 is 10.0 Å². The maximum Gasteiger partial charge on any atom is 0.407 e. The summed E-state index contributed by atoms with van der Waals surface area (Å²) in [7, 11) is 0.00832. The Morgan fingerprint density at radius 2 is 1.97 bits per heavy atom. The first kappa shape index (κ1) is 28.1. The largest absolute Gasteiger partial charge is 0.447 e. The van der Waals surface area contributed by atoms with Crippen molar-refractivity contribution in [3.8, 4) is 10.4 Å². The van der Waals surface area contributed by atoms with Crippen LogP contribution in [0.5, 0.6) is 0 Å². The molecule has 0 saturated heterocycles. The lowest BCUT2D eigenvalue weighted by Crippen LogP contribution is -2.38. The van der Waals surface area contributed by atoms with Gasteiger partial charge in [0.05, 0.1) is 20.9 Å². The second-order valence-corrected chi connectivity index (χ2v) is 12.6. The van der Waals surface area contributed by atoms with Crippen LogP contribution < -0.4 is 14.9 Å². The van der Waals surface area contributed by atoms with E-state index in [9.17, 15) is 13.2 Å². The summed E-state index contributed by atoms with van der Waals surface area (Å²) in [5, 5.41) is 3.95. The average Bonchev–Trinajstić information content (AvgIpc) is 3.52. The van der Waals surface area contributed by atoms with Gasteiger partial charge in [-0.05, 0) is 51.7 Å². The monoisotopic (exact) mass is 560 g/mol. The zero-order chi connectivity index (χ0) is 27.4. The molecule has 2 heterocycles. The second kappa shape index (κ2) is 11.8. The number of ether oxygens (including phenoxy) is 1. The van der Waals surface area contributed by atoms with Gasteiger partial charge >= 0.3 is 6.09 Å². The van der Waals surface area contributed by atoms with Crippen molar-refractivity contribution in [1.29, 1.82) is 0 Å². The predicted octanol–water partition coefficient (Wildman–Crippen LogP) is 4.77. The first-order valence-corrected chi connectivity index (χ1v) is 15.2. The number of imidazole rings is 1. The van der Waals surface area contributed by atoms with Crippen molar-refractivity contribution in [3.05, 3.63) is 41.8 Å². The van der Waals surface area contributed by atoms with E-state index in [1.54, 1.807) is 25.4 Å². The molecule has 1 aliphatic carbocycles. The predicted molar refractivity (Wildman–Crippen MR) is 149 cm³/mol. The Kier molecular flexibility index (Phi) is 8.74. The van der Waals surface area contributed by atoms with Gasteiger partial charge < -0.3 is 19.5 Å². The van der Waals surface area contributed by atoms with Gasteiger partial charge in [0.15, 0.2) is 0 Å². The summed E-state index contributed by atoms with van der Waals surface area (Å²) >= 11 is 1.53. The molecule has 1 amide bonds. The minimum Gasteiger partial charge on any atom is -0.447 e. The highest BCUT2D eigenvalue weighted by molar-refractivity contribution is 7.89. The van der Waals surface area contributed by atoms with Crippen LogP contribution in [-0.4, -0.2) is 54.8 Å². The maximum absolute atomic E-state index is 13.2. The number of hydrogen-bond donors (Lipinski definition) is 2. The summed E-state index contributed by atoms with van der Waals surface area (Å²) in [5.41, 5.74) is 1.34. The second-order valence-electron chi connectivity index (χ2n) is 9.79. The van der Waals surface area contributed by atoms with E-state index in [0.29, 0.717) is 17.2 Å². The number of nitrogens with one attached hydrogen (secondary N) is 2. The highest BCUT2D eigenvalue weighted by Gasteiger charge is 2.28. The molecule has 1 aliphatic rings. The lowest BCUT2D eigenvalue weighted by atomic mass is 9.86. The van der Waals surface area contributed by atoms with Gasteiger partial charge in [-0.2, -0.15) is 0 Å². The first-order chi connectivity index (χ1) is 18.1. The number of sulfonamides is 1. The number of alkyl carbamates (subject to hydrolysis) is 1. The molecule has 2 aromatic heterocycles. The van der Waals surface area contributed by atoms with Gasteiger partial charge in [0, 0.05) is 62.4 Å². The quantitative estimate of drug-likeness (QED) is 0.387. The Hall–Kier alpha value is -2.96.